The number of nitrogens with one attached hydrogen (secondary N) is 1. The van der Waals surface area contributed by atoms with E-state index < -0.39 is 5.82 Å². The van der Waals surface area contributed by atoms with Crippen molar-refractivity contribution in [2.45, 2.75) is 0 Å². The fourth-order valence-electron chi connectivity index (χ4n) is 4.03. The third kappa shape index (κ3) is 5.56. The summed E-state index contributed by atoms with van der Waals surface area (Å²) in [6, 6.07) is 9.16. The molecule has 1 aliphatic rings. The topological polar surface area (TPSA) is 71.9 Å². The predicted octanol–water partition coefficient (Wildman–Crippen LogP) is 4.97. The zero-order valence-electron chi connectivity index (χ0n) is 19.9. The molecule has 0 unspecified atom stereocenters. The van der Waals surface area contributed by atoms with Crippen LogP contribution >= 0.6 is 23.2 Å². The lowest BCUT2D eigenvalue weighted by molar-refractivity contribution is -0.106. The Morgan fingerprint density at radius 1 is 1.03 bits per heavy atom. The van der Waals surface area contributed by atoms with Crippen LogP contribution in [0.1, 0.15) is 0 Å². The van der Waals surface area contributed by atoms with Gasteiger partial charge in [0.15, 0.2) is 0 Å². The van der Waals surface area contributed by atoms with Crippen LogP contribution in [0.15, 0.2) is 55.0 Å². The first-order valence-corrected chi connectivity index (χ1v) is 12.1. The molecule has 2 aromatic carbocycles. The molecule has 1 aliphatic heterocycles. The number of benzene rings is 2. The van der Waals surface area contributed by atoms with E-state index >= 15 is 0 Å². The Morgan fingerprint density at radius 3 is 2.28 bits per heavy atom. The number of carbonyl (C=O) groups is 1. The van der Waals surface area contributed by atoms with Gasteiger partial charge in [-0.2, -0.15) is 0 Å². The highest BCUT2D eigenvalue weighted by molar-refractivity contribution is 6.40. The molecule has 0 atom stereocenters. The molecule has 1 saturated heterocycles. The van der Waals surface area contributed by atoms with Gasteiger partial charge in [-0.1, -0.05) is 23.2 Å². The van der Waals surface area contributed by atoms with Gasteiger partial charge in [0.2, 0.25) is 6.41 Å². The number of carbonyl (C=O) groups excluding carboxylic acids is 1. The smallest absolute Gasteiger partial charge is 0.218 e. The van der Waals surface area contributed by atoms with Gasteiger partial charge in [-0.3, -0.25) is 9.69 Å². The van der Waals surface area contributed by atoms with Crippen LogP contribution in [0.4, 0.5) is 15.9 Å². The molecule has 0 radical (unpaired) electrons. The summed E-state index contributed by atoms with van der Waals surface area (Å²) < 4.78 is 14.8. The monoisotopic (exact) mass is 529 g/mol. The second kappa shape index (κ2) is 11.2. The standard InChI is InChI=1S/C26H26Cl2FN5O2/c1-32(2)9-10-34(16-35)25-22(27)11-18(12-23(25)28)21-15-19(29)14-20(26(21)36)17-3-4-31-24(13-17)33-7-5-30-6-8-33/h3-4,9-16,30,36H,5-8H2,1-2H3/b10-9-. The van der Waals surface area contributed by atoms with E-state index in [1.54, 1.807) is 35.5 Å². The van der Waals surface area contributed by atoms with E-state index in [9.17, 15) is 14.3 Å². The minimum absolute atomic E-state index is 0.117. The summed E-state index contributed by atoms with van der Waals surface area (Å²) >= 11 is 13.0. The van der Waals surface area contributed by atoms with Crippen LogP contribution in [0.5, 0.6) is 5.75 Å². The zero-order chi connectivity index (χ0) is 25.8. The molecule has 36 heavy (non-hydrogen) atoms. The van der Waals surface area contributed by atoms with Crippen molar-refractivity contribution in [3.8, 4) is 28.0 Å². The Morgan fingerprint density at radius 2 is 1.67 bits per heavy atom. The lowest BCUT2D eigenvalue weighted by atomic mass is 9.97. The van der Waals surface area contributed by atoms with Gasteiger partial charge in [-0.25, -0.2) is 9.37 Å². The first kappa shape index (κ1) is 25.8. The molecular weight excluding hydrogens is 504 g/mol. The highest BCUT2D eigenvalue weighted by Gasteiger charge is 2.20. The number of nitrogens with zero attached hydrogens (tertiary/aromatic N) is 4. The number of hydrogen-bond acceptors (Lipinski definition) is 6. The summed E-state index contributed by atoms with van der Waals surface area (Å²) in [6.45, 7) is 3.32. The van der Waals surface area contributed by atoms with Gasteiger partial charge in [0.1, 0.15) is 17.4 Å². The van der Waals surface area contributed by atoms with Gasteiger partial charge < -0.3 is 20.2 Å². The van der Waals surface area contributed by atoms with Crippen LogP contribution in [-0.2, 0) is 4.79 Å². The lowest BCUT2D eigenvalue weighted by Gasteiger charge is -2.28. The van der Waals surface area contributed by atoms with Gasteiger partial charge >= 0.3 is 0 Å². The van der Waals surface area contributed by atoms with Crippen molar-refractivity contribution in [2.24, 2.45) is 0 Å². The second-order valence-electron chi connectivity index (χ2n) is 8.55. The van der Waals surface area contributed by atoms with Crippen LogP contribution in [0.25, 0.3) is 22.3 Å². The van der Waals surface area contributed by atoms with Crippen LogP contribution in [0, 0.1) is 5.82 Å². The molecular formula is C26H26Cl2FN5O2. The molecule has 1 amide bonds. The van der Waals surface area contributed by atoms with E-state index in [2.05, 4.69) is 15.2 Å². The summed E-state index contributed by atoms with van der Waals surface area (Å²) in [5.41, 5.74) is 1.87. The molecule has 188 valence electrons. The number of aromatic hydroxyl groups is 1. The molecule has 2 N–H and O–H groups in total. The summed E-state index contributed by atoms with van der Waals surface area (Å²) in [6.07, 6.45) is 5.43. The third-order valence-corrected chi connectivity index (χ3v) is 6.37. The Hall–Kier alpha value is -3.33. The Bertz CT molecular complexity index is 1270. The number of halogens is 3. The maximum atomic E-state index is 14.8. The van der Waals surface area contributed by atoms with Gasteiger partial charge in [-0.05, 0) is 47.5 Å². The summed E-state index contributed by atoms with van der Waals surface area (Å²) in [7, 11) is 3.62. The van der Waals surface area contributed by atoms with Gasteiger partial charge in [0, 0.05) is 70.0 Å². The van der Waals surface area contributed by atoms with Crippen molar-refractivity contribution in [3.63, 3.8) is 0 Å². The fraction of sp³-hybridized carbons (Fsp3) is 0.231. The van der Waals surface area contributed by atoms with Crippen LogP contribution in [-0.4, -0.2) is 61.7 Å². The Kier molecular flexibility index (Phi) is 7.98. The molecule has 0 bridgehead atoms. The molecule has 0 aliphatic carbocycles. The van der Waals surface area contributed by atoms with Crippen molar-refractivity contribution in [2.75, 3.05) is 50.1 Å². The molecule has 0 saturated carbocycles. The maximum Gasteiger partial charge on any atom is 0.218 e. The predicted molar refractivity (Wildman–Crippen MR) is 143 cm³/mol. The highest BCUT2D eigenvalue weighted by Crippen LogP contribution is 2.43. The number of amides is 1. The fourth-order valence-corrected chi connectivity index (χ4v) is 4.71. The molecule has 2 heterocycles. The number of phenolic OH excluding ortho intramolecular Hbond substituents is 1. The molecule has 7 nitrogen and oxygen atoms in total. The van der Waals surface area contributed by atoms with Crippen molar-refractivity contribution in [1.29, 1.82) is 0 Å². The van der Waals surface area contributed by atoms with E-state index in [1.807, 2.05) is 20.2 Å². The van der Waals surface area contributed by atoms with Crippen molar-refractivity contribution in [3.05, 3.63) is 70.9 Å². The highest BCUT2D eigenvalue weighted by atomic mass is 35.5. The van der Waals surface area contributed by atoms with E-state index in [-0.39, 0.29) is 27.0 Å². The van der Waals surface area contributed by atoms with Crippen LogP contribution in [0.3, 0.4) is 0 Å². The SMILES string of the molecule is CN(C)/C=C\N(C=O)c1c(Cl)cc(-c2cc(F)cc(-c3ccnc(N4CCNCC4)c3)c2O)cc1Cl. The van der Waals surface area contributed by atoms with Gasteiger partial charge in [0.05, 0.1) is 15.7 Å². The van der Waals surface area contributed by atoms with E-state index in [0.717, 1.165) is 32.0 Å². The summed E-state index contributed by atoms with van der Waals surface area (Å²) in [4.78, 5) is 21.3. The average molecular weight is 530 g/mol. The largest absolute Gasteiger partial charge is 0.507 e. The average Bonchev–Trinajstić information content (AvgIpc) is 2.87. The minimum atomic E-state index is -0.530. The number of rotatable bonds is 7. The van der Waals surface area contributed by atoms with Gasteiger partial charge in [0.25, 0.3) is 0 Å². The third-order valence-electron chi connectivity index (χ3n) is 5.80. The quantitative estimate of drug-likeness (QED) is 0.421. The molecule has 10 heteroatoms. The lowest BCUT2D eigenvalue weighted by Crippen LogP contribution is -2.43. The molecule has 1 aromatic heterocycles. The van der Waals surface area contributed by atoms with E-state index in [4.69, 9.17) is 23.2 Å². The minimum Gasteiger partial charge on any atom is -0.507 e. The van der Waals surface area contributed by atoms with Crippen LogP contribution < -0.4 is 15.1 Å². The molecule has 4 rings (SSSR count). The maximum absolute atomic E-state index is 14.8. The normalized spacial score (nSPS) is 13.8. The van der Waals surface area contributed by atoms with Crippen molar-refractivity contribution in [1.82, 2.24) is 15.2 Å². The molecule has 3 aromatic rings. The number of phenols is 1. The number of hydrogen-bond donors (Lipinski definition) is 2. The number of pyridine rings is 1. The summed E-state index contributed by atoms with van der Waals surface area (Å²) in [5.74, 6) is 0.112. The Balaban J connectivity index is 1.75. The zero-order valence-corrected chi connectivity index (χ0v) is 21.4. The second-order valence-corrected chi connectivity index (χ2v) is 9.37. The number of aromatic nitrogens is 1. The Labute approximate surface area is 219 Å². The van der Waals surface area contributed by atoms with E-state index in [0.29, 0.717) is 23.1 Å². The van der Waals surface area contributed by atoms with E-state index in [1.165, 1.54) is 23.2 Å². The van der Waals surface area contributed by atoms with Crippen molar-refractivity contribution >= 4 is 41.1 Å². The number of piperazine rings is 1. The van der Waals surface area contributed by atoms with Crippen LogP contribution in [0.2, 0.25) is 10.0 Å². The van der Waals surface area contributed by atoms with Crippen molar-refractivity contribution < 1.29 is 14.3 Å². The van der Waals surface area contributed by atoms with Gasteiger partial charge in [-0.15, -0.1) is 0 Å². The summed E-state index contributed by atoms with van der Waals surface area (Å²) in [5, 5.41) is 14.8. The first-order chi connectivity index (χ1) is 17.3. The number of anilines is 2. The molecule has 1 fully saturated rings. The molecule has 0 spiro atoms. The first-order valence-electron chi connectivity index (χ1n) is 11.3.